The van der Waals surface area contributed by atoms with E-state index in [0.717, 1.165) is 23.3 Å². The molecule has 0 spiro atoms. The lowest BCUT2D eigenvalue weighted by atomic mass is 10.1. The smallest absolute Gasteiger partial charge is 0.191 e. The Morgan fingerprint density at radius 2 is 1.93 bits per heavy atom. The Hall–Kier alpha value is -3.22. The molecule has 28 heavy (non-hydrogen) atoms. The molecular formula is C21H23F2N5. The van der Waals surface area contributed by atoms with Crippen LogP contribution >= 0.6 is 0 Å². The lowest BCUT2D eigenvalue weighted by Gasteiger charge is -2.12. The molecule has 0 saturated carbocycles. The van der Waals surface area contributed by atoms with Gasteiger partial charge in [-0.15, -0.1) is 0 Å². The van der Waals surface area contributed by atoms with E-state index >= 15 is 0 Å². The molecule has 2 N–H and O–H groups in total. The van der Waals surface area contributed by atoms with Crippen LogP contribution in [-0.4, -0.2) is 22.3 Å². The molecular weight excluding hydrogens is 360 g/mol. The third-order valence-corrected chi connectivity index (χ3v) is 4.11. The third-order valence-electron chi connectivity index (χ3n) is 4.11. The minimum Gasteiger partial charge on any atom is -0.357 e. The van der Waals surface area contributed by atoms with Gasteiger partial charge in [0.05, 0.1) is 13.1 Å². The quantitative estimate of drug-likeness (QED) is 0.485. The number of aliphatic imine (C=N–C) groups is 1. The predicted octanol–water partition coefficient (Wildman–Crippen LogP) is 3.46. The van der Waals surface area contributed by atoms with Gasteiger partial charge in [-0.3, -0.25) is 4.68 Å². The number of hydrogen-bond donors (Lipinski definition) is 2. The Morgan fingerprint density at radius 3 is 2.71 bits per heavy atom. The van der Waals surface area contributed by atoms with Gasteiger partial charge in [-0.25, -0.2) is 13.8 Å². The largest absolute Gasteiger partial charge is 0.357 e. The summed E-state index contributed by atoms with van der Waals surface area (Å²) in [5.41, 5.74) is 2.45. The maximum absolute atomic E-state index is 13.8. The lowest BCUT2D eigenvalue weighted by Crippen LogP contribution is -2.37. The fraction of sp³-hybridized carbons (Fsp3) is 0.238. The monoisotopic (exact) mass is 383 g/mol. The van der Waals surface area contributed by atoms with Gasteiger partial charge in [-0.2, -0.15) is 5.10 Å². The van der Waals surface area contributed by atoms with E-state index in [1.165, 1.54) is 6.07 Å². The normalized spacial score (nSPS) is 11.5. The van der Waals surface area contributed by atoms with Crippen LogP contribution in [0.15, 0.2) is 65.9 Å². The molecule has 5 nitrogen and oxygen atoms in total. The highest BCUT2D eigenvalue weighted by Crippen LogP contribution is 2.10. The average molecular weight is 383 g/mol. The van der Waals surface area contributed by atoms with Gasteiger partial charge in [0.25, 0.3) is 0 Å². The zero-order valence-corrected chi connectivity index (χ0v) is 15.7. The topological polar surface area (TPSA) is 54.2 Å². The maximum Gasteiger partial charge on any atom is 0.191 e. The number of hydrogen-bond acceptors (Lipinski definition) is 2. The summed E-state index contributed by atoms with van der Waals surface area (Å²) in [5, 5.41) is 10.4. The van der Waals surface area contributed by atoms with Crippen molar-refractivity contribution in [3.8, 4) is 0 Å². The molecule has 0 fully saturated rings. The van der Waals surface area contributed by atoms with Crippen LogP contribution < -0.4 is 10.6 Å². The predicted molar refractivity (Wildman–Crippen MR) is 106 cm³/mol. The van der Waals surface area contributed by atoms with Crippen molar-refractivity contribution >= 4 is 5.96 Å². The second kappa shape index (κ2) is 9.64. The molecule has 7 heteroatoms. The second-order valence-electron chi connectivity index (χ2n) is 6.31. The van der Waals surface area contributed by atoms with Crippen molar-refractivity contribution in [3.63, 3.8) is 0 Å². The Kier molecular flexibility index (Phi) is 6.73. The summed E-state index contributed by atoms with van der Waals surface area (Å²) in [5.74, 6) is -0.367. The van der Waals surface area contributed by atoms with Crippen molar-refractivity contribution in [2.75, 3.05) is 6.54 Å². The highest BCUT2D eigenvalue weighted by molar-refractivity contribution is 5.79. The Bertz CT molecular complexity index is 922. The zero-order valence-electron chi connectivity index (χ0n) is 15.7. The number of benzene rings is 2. The highest BCUT2D eigenvalue weighted by atomic mass is 19.1. The van der Waals surface area contributed by atoms with Gasteiger partial charge in [-0.05, 0) is 42.3 Å². The average Bonchev–Trinajstić information content (AvgIpc) is 3.20. The van der Waals surface area contributed by atoms with Gasteiger partial charge in [-0.1, -0.05) is 24.3 Å². The van der Waals surface area contributed by atoms with Gasteiger partial charge in [0.1, 0.15) is 11.6 Å². The van der Waals surface area contributed by atoms with Crippen LogP contribution in [0.2, 0.25) is 0 Å². The zero-order chi connectivity index (χ0) is 19.8. The first-order chi connectivity index (χ1) is 13.6. The SMILES string of the molecule is CCNC(=NCc1cccc(Cn2cccn2)c1)NCc1cc(F)ccc1F. The molecule has 1 heterocycles. The van der Waals surface area contributed by atoms with E-state index < -0.39 is 11.6 Å². The Balaban J connectivity index is 1.64. The van der Waals surface area contributed by atoms with Gasteiger partial charge in [0.2, 0.25) is 0 Å². The van der Waals surface area contributed by atoms with Crippen LogP contribution in [0, 0.1) is 11.6 Å². The molecule has 1 aromatic heterocycles. The van der Waals surface area contributed by atoms with Crippen LogP contribution in [0.5, 0.6) is 0 Å². The molecule has 0 amide bonds. The number of aromatic nitrogens is 2. The van der Waals surface area contributed by atoms with Crippen molar-refractivity contribution in [1.82, 2.24) is 20.4 Å². The summed E-state index contributed by atoms with van der Waals surface area (Å²) in [6, 6.07) is 13.4. The minimum atomic E-state index is -0.464. The van der Waals surface area contributed by atoms with E-state index in [1.807, 2.05) is 42.1 Å². The Morgan fingerprint density at radius 1 is 1.07 bits per heavy atom. The number of guanidine groups is 1. The number of nitrogens with zero attached hydrogens (tertiary/aromatic N) is 3. The third kappa shape index (κ3) is 5.64. The molecule has 3 aromatic rings. The van der Waals surface area contributed by atoms with Crippen LogP contribution in [0.1, 0.15) is 23.6 Å². The van der Waals surface area contributed by atoms with E-state index in [1.54, 1.807) is 6.20 Å². The van der Waals surface area contributed by atoms with E-state index in [-0.39, 0.29) is 12.1 Å². The van der Waals surface area contributed by atoms with Crippen molar-refractivity contribution in [3.05, 3.63) is 89.2 Å². The molecule has 0 bridgehead atoms. The number of rotatable bonds is 7. The molecule has 146 valence electrons. The summed E-state index contributed by atoms with van der Waals surface area (Å²) in [7, 11) is 0. The minimum absolute atomic E-state index is 0.148. The molecule has 0 radical (unpaired) electrons. The van der Waals surface area contributed by atoms with Gasteiger partial charge >= 0.3 is 0 Å². The van der Waals surface area contributed by atoms with Gasteiger partial charge < -0.3 is 10.6 Å². The summed E-state index contributed by atoms with van der Waals surface area (Å²) in [6.07, 6.45) is 3.67. The highest BCUT2D eigenvalue weighted by Gasteiger charge is 2.05. The van der Waals surface area contributed by atoms with E-state index in [2.05, 4.69) is 26.8 Å². The van der Waals surface area contributed by atoms with E-state index in [4.69, 9.17) is 0 Å². The molecule has 0 atom stereocenters. The van der Waals surface area contributed by atoms with E-state index in [9.17, 15) is 8.78 Å². The Labute approximate surface area is 163 Å². The van der Waals surface area contributed by atoms with Crippen molar-refractivity contribution in [2.24, 2.45) is 4.99 Å². The summed E-state index contributed by atoms with van der Waals surface area (Å²) >= 11 is 0. The molecule has 0 unspecified atom stereocenters. The van der Waals surface area contributed by atoms with E-state index in [0.29, 0.717) is 25.6 Å². The van der Waals surface area contributed by atoms with Crippen molar-refractivity contribution in [2.45, 2.75) is 26.6 Å². The fourth-order valence-electron chi connectivity index (χ4n) is 2.78. The summed E-state index contributed by atoms with van der Waals surface area (Å²) in [6.45, 7) is 3.92. The van der Waals surface area contributed by atoms with Crippen LogP contribution in [0.3, 0.4) is 0 Å². The molecule has 3 rings (SSSR count). The van der Waals surface area contributed by atoms with Gasteiger partial charge in [0.15, 0.2) is 5.96 Å². The van der Waals surface area contributed by atoms with Crippen molar-refractivity contribution < 1.29 is 8.78 Å². The molecule has 2 aromatic carbocycles. The summed E-state index contributed by atoms with van der Waals surface area (Å²) in [4.78, 5) is 4.54. The first-order valence-corrected chi connectivity index (χ1v) is 9.15. The first kappa shape index (κ1) is 19.5. The number of halogens is 2. The maximum atomic E-state index is 13.8. The fourth-order valence-corrected chi connectivity index (χ4v) is 2.78. The van der Waals surface area contributed by atoms with Crippen LogP contribution in [0.25, 0.3) is 0 Å². The van der Waals surface area contributed by atoms with Gasteiger partial charge in [0, 0.05) is 31.0 Å². The van der Waals surface area contributed by atoms with Crippen LogP contribution in [-0.2, 0) is 19.6 Å². The molecule has 0 aliphatic heterocycles. The summed E-state index contributed by atoms with van der Waals surface area (Å²) < 4.78 is 29.0. The number of nitrogens with one attached hydrogen (secondary N) is 2. The van der Waals surface area contributed by atoms with Crippen LogP contribution in [0.4, 0.5) is 8.78 Å². The molecule has 0 saturated heterocycles. The first-order valence-electron chi connectivity index (χ1n) is 9.15. The molecule has 0 aliphatic rings. The second-order valence-corrected chi connectivity index (χ2v) is 6.31. The van der Waals surface area contributed by atoms with Crippen molar-refractivity contribution in [1.29, 1.82) is 0 Å². The standard InChI is InChI=1S/C21H23F2N5/c1-2-24-21(26-14-18-12-19(22)7-8-20(18)23)25-13-16-5-3-6-17(11-16)15-28-10-4-9-27-28/h3-12H,2,13-15H2,1H3,(H2,24,25,26). The lowest BCUT2D eigenvalue weighted by molar-refractivity contribution is 0.581. The molecule has 0 aliphatic carbocycles.